The predicted molar refractivity (Wildman–Crippen MR) is 121 cm³/mol. The van der Waals surface area contributed by atoms with Gasteiger partial charge in [-0.25, -0.2) is 9.97 Å². The van der Waals surface area contributed by atoms with E-state index in [2.05, 4.69) is 31.0 Å². The number of nitrogens with zero attached hydrogens (tertiary/aromatic N) is 3. The van der Waals surface area contributed by atoms with E-state index in [4.69, 9.17) is 4.74 Å². The highest BCUT2D eigenvalue weighted by molar-refractivity contribution is 14.0. The van der Waals surface area contributed by atoms with E-state index in [1.807, 2.05) is 25.3 Å². The molecule has 0 unspecified atom stereocenters. The Kier molecular flexibility index (Phi) is 9.26. The van der Waals surface area contributed by atoms with Crippen molar-refractivity contribution in [1.29, 1.82) is 0 Å². The lowest BCUT2D eigenvalue weighted by Gasteiger charge is -2.14. The molecule has 0 aromatic carbocycles. The van der Waals surface area contributed by atoms with Crippen LogP contribution in [0.3, 0.4) is 0 Å². The third-order valence-corrected chi connectivity index (χ3v) is 5.23. The number of aliphatic imine (C=N–C) groups is 1. The van der Waals surface area contributed by atoms with E-state index in [1.165, 1.54) is 12.8 Å². The number of guanidine groups is 1. The van der Waals surface area contributed by atoms with Crippen LogP contribution in [0.15, 0.2) is 28.7 Å². The molecular formula is C19H28IN5OS. The van der Waals surface area contributed by atoms with Gasteiger partial charge in [-0.1, -0.05) is 0 Å². The SMILES string of the molecule is CN=C(NCCc1csc(C)n1)NCc1ccnc(OC2CCCC2)c1.I. The average Bonchev–Trinajstić information content (AvgIpc) is 3.30. The number of hydrogen-bond donors (Lipinski definition) is 2. The first-order chi connectivity index (χ1) is 12.7. The molecule has 0 amide bonds. The van der Waals surface area contributed by atoms with Crippen LogP contribution in [-0.2, 0) is 13.0 Å². The summed E-state index contributed by atoms with van der Waals surface area (Å²) in [7, 11) is 1.78. The smallest absolute Gasteiger partial charge is 0.213 e. The van der Waals surface area contributed by atoms with Crippen molar-refractivity contribution in [2.45, 2.75) is 51.7 Å². The van der Waals surface area contributed by atoms with Crippen molar-refractivity contribution in [3.63, 3.8) is 0 Å². The van der Waals surface area contributed by atoms with Crippen LogP contribution >= 0.6 is 35.3 Å². The van der Waals surface area contributed by atoms with E-state index in [9.17, 15) is 0 Å². The minimum atomic E-state index is 0. The summed E-state index contributed by atoms with van der Waals surface area (Å²) in [4.78, 5) is 13.1. The van der Waals surface area contributed by atoms with Crippen LogP contribution in [0.5, 0.6) is 5.88 Å². The summed E-state index contributed by atoms with van der Waals surface area (Å²) in [5.74, 6) is 1.50. The molecule has 0 aliphatic heterocycles. The molecule has 0 saturated heterocycles. The first-order valence-corrected chi connectivity index (χ1v) is 10.1. The first kappa shape index (κ1) is 21.9. The van der Waals surface area contributed by atoms with Crippen molar-refractivity contribution >= 4 is 41.3 Å². The molecule has 2 aromatic heterocycles. The monoisotopic (exact) mass is 501 g/mol. The lowest BCUT2D eigenvalue weighted by atomic mass is 10.2. The molecule has 0 atom stereocenters. The maximum absolute atomic E-state index is 5.97. The number of ether oxygens (including phenoxy) is 1. The average molecular weight is 501 g/mol. The lowest BCUT2D eigenvalue weighted by molar-refractivity contribution is 0.201. The van der Waals surface area contributed by atoms with Crippen LogP contribution in [0.2, 0.25) is 0 Å². The van der Waals surface area contributed by atoms with E-state index < -0.39 is 0 Å². The fraction of sp³-hybridized carbons (Fsp3) is 0.526. The van der Waals surface area contributed by atoms with Gasteiger partial charge in [0, 0.05) is 44.2 Å². The van der Waals surface area contributed by atoms with E-state index in [1.54, 1.807) is 18.4 Å². The summed E-state index contributed by atoms with van der Waals surface area (Å²) in [6.07, 6.45) is 7.82. The number of pyridine rings is 1. The van der Waals surface area contributed by atoms with E-state index in [-0.39, 0.29) is 24.0 Å². The fourth-order valence-corrected chi connectivity index (χ4v) is 3.69. The van der Waals surface area contributed by atoms with Gasteiger partial charge in [0.1, 0.15) is 6.10 Å². The maximum Gasteiger partial charge on any atom is 0.213 e. The third kappa shape index (κ3) is 7.25. The Labute approximate surface area is 182 Å². The second-order valence-electron chi connectivity index (χ2n) is 6.49. The number of thiazole rings is 1. The number of aromatic nitrogens is 2. The molecule has 27 heavy (non-hydrogen) atoms. The molecule has 2 aromatic rings. The van der Waals surface area contributed by atoms with Gasteiger partial charge in [-0.15, -0.1) is 35.3 Å². The summed E-state index contributed by atoms with van der Waals surface area (Å²) in [5.41, 5.74) is 2.25. The number of hydrogen-bond acceptors (Lipinski definition) is 5. The van der Waals surface area contributed by atoms with Crippen LogP contribution < -0.4 is 15.4 Å². The largest absolute Gasteiger partial charge is 0.474 e. The van der Waals surface area contributed by atoms with Crippen molar-refractivity contribution in [3.8, 4) is 5.88 Å². The van der Waals surface area contributed by atoms with Gasteiger partial charge in [-0.3, -0.25) is 4.99 Å². The maximum atomic E-state index is 5.97. The highest BCUT2D eigenvalue weighted by atomic mass is 127. The molecule has 2 heterocycles. The first-order valence-electron chi connectivity index (χ1n) is 9.20. The molecule has 2 N–H and O–H groups in total. The highest BCUT2D eigenvalue weighted by Gasteiger charge is 2.17. The van der Waals surface area contributed by atoms with Crippen LogP contribution in [0.25, 0.3) is 0 Å². The quantitative estimate of drug-likeness (QED) is 0.344. The van der Waals surface area contributed by atoms with Crippen molar-refractivity contribution in [3.05, 3.63) is 40.0 Å². The van der Waals surface area contributed by atoms with E-state index in [0.717, 1.165) is 53.9 Å². The Morgan fingerprint density at radius 1 is 1.33 bits per heavy atom. The zero-order valence-corrected chi connectivity index (χ0v) is 19.0. The zero-order valence-electron chi connectivity index (χ0n) is 15.9. The second kappa shape index (κ2) is 11.4. The van der Waals surface area contributed by atoms with Gasteiger partial charge in [0.2, 0.25) is 5.88 Å². The summed E-state index contributed by atoms with van der Waals surface area (Å²) >= 11 is 1.69. The molecule has 1 fully saturated rings. The topological polar surface area (TPSA) is 71.4 Å². The fourth-order valence-electron chi connectivity index (χ4n) is 3.04. The summed E-state index contributed by atoms with van der Waals surface area (Å²) in [5, 5.41) is 9.88. The number of rotatable bonds is 7. The van der Waals surface area contributed by atoms with Gasteiger partial charge in [-0.05, 0) is 44.2 Å². The molecule has 3 rings (SSSR count). The molecule has 1 aliphatic rings. The lowest BCUT2D eigenvalue weighted by Crippen LogP contribution is -2.37. The van der Waals surface area contributed by atoms with Gasteiger partial charge < -0.3 is 15.4 Å². The van der Waals surface area contributed by atoms with Crippen LogP contribution in [0, 0.1) is 6.92 Å². The van der Waals surface area contributed by atoms with E-state index in [0.29, 0.717) is 12.6 Å². The third-order valence-electron chi connectivity index (χ3n) is 4.41. The molecule has 0 spiro atoms. The predicted octanol–water partition coefficient (Wildman–Crippen LogP) is 3.69. The Hall–Kier alpha value is -1.42. The van der Waals surface area contributed by atoms with Crippen LogP contribution in [0.4, 0.5) is 0 Å². The number of halogens is 1. The number of nitrogens with one attached hydrogen (secondary N) is 2. The molecule has 8 heteroatoms. The highest BCUT2D eigenvalue weighted by Crippen LogP contribution is 2.23. The molecule has 1 aliphatic carbocycles. The van der Waals surface area contributed by atoms with Gasteiger partial charge in [0.15, 0.2) is 5.96 Å². The normalized spacial score (nSPS) is 14.7. The van der Waals surface area contributed by atoms with E-state index >= 15 is 0 Å². The molecule has 1 saturated carbocycles. The molecule has 6 nitrogen and oxygen atoms in total. The Morgan fingerprint density at radius 3 is 2.85 bits per heavy atom. The van der Waals surface area contributed by atoms with Crippen molar-refractivity contribution in [2.75, 3.05) is 13.6 Å². The minimum Gasteiger partial charge on any atom is -0.474 e. The molecule has 0 radical (unpaired) electrons. The summed E-state index contributed by atoms with van der Waals surface area (Å²) < 4.78 is 5.97. The summed E-state index contributed by atoms with van der Waals surface area (Å²) in [6.45, 7) is 3.51. The van der Waals surface area contributed by atoms with Gasteiger partial charge in [0.05, 0.1) is 10.7 Å². The van der Waals surface area contributed by atoms with Crippen LogP contribution in [0.1, 0.15) is 41.9 Å². The number of aryl methyl sites for hydroxylation is 1. The van der Waals surface area contributed by atoms with Gasteiger partial charge >= 0.3 is 0 Å². The van der Waals surface area contributed by atoms with Crippen molar-refractivity contribution in [2.24, 2.45) is 4.99 Å². The standard InChI is InChI=1S/C19H27N5OS.HI/c1-14-24-16(13-26-14)8-10-22-19(20-2)23-12-15-7-9-21-18(11-15)25-17-5-3-4-6-17;/h7,9,11,13,17H,3-6,8,10,12H2,1-2H3,(H2,20,22,23);1H. The van der Waals surface area contributed by atoms with Crippen molar-refractivity contribution in [1.82, 2.24) is 20.6 Å². The molecule has 148 valence electrons. The second-order valence-corrected chi connectivity index (χ2v) is 7.55. The van der Waals surface area contributed by atoms with Gasteiger partial charge in [0.25, 0.3) is 0 Å². The molecular weight excluding hydrogens is 473 g/mol. The zero-order chi connectivity index (χ0) is 18.2. The molecule has 0 bridgehead atoms. The Balaban J connectivity index is 0.00000261. The van der Waals surface area contributed by atoms with Gasteiger partial charge in [-0.2, -0.15) is 0 Å². The van der Waals surface area contributed by atoms with Crippen molar-refractivity contribution < 1.29 is 4.74 Å². The Bertz CT molecular complexity index is 730. The Morgan fingerprint density at radius 2 is 2.15 bits per heavy atom. The summed E-state index contributed by atoms with van der Waals surface area (Å²) in [6, 6.07) is 4.01. The minimum absolute atomic E-state index is 0. The van der Waals surface area contributed by atoms with Crippen LogP contribution in [-0.4, -0.2) is 35.6 Å².